The van der Waals surface area contributed by atoms with Crippen LogP contribution in [0.5, 0.6) is 11.5 Å². The van der Waals surface area contributed by atoms with Gasteiger partial charge in [0.15, 0.2) is 17.3 Å². The number of nitrogens with zero attached hydrogens (tertiary/aromatic N) is 3. The van der Waals surface area contributed by atoms with E-state index in [1.54, 1.807) is 45.0 Å². The van der Waals surface area contributed by atoms with Crippen molar-refractivity contribution in [3.05, 3.63) is 63.7 Å². The summed E-state index contributed by atoms with van der Waals surface area (Å²) in [5.74, 6) is -0.496. The van der Waals surface area contributed by atoms with Crippen LogP contribution in [-0.4, -0.2) is 65.8 Å². The largest absolute Gasteiger partial charge is 0.462 e. The van der Waals surface area contributed by atoms with Crippen LogP contribution in [0.25, 0.3) is 0 Å². The van der Waals surface area contributed by atoms with E-state index in [-0.39, 0.29) is 37.1 Å². The number of amides is 2. The van der Waals surface area contributed by atoms with Crippen LogP contribution in [0.15, 0.2) is 47.5 Å². The summed E-state index contributed by atoms with van der Waals surface area (Å²) in [6, 6.07) is 9.49. The Morgan fingerprint density at radius 2 is 1.97 bits per heavy atom. The summed E-state index contributed by atoms with van der Waals surface area (Å²) in [7, 11) is 0. The van der Waals surface area contributed by atoms with Gasteiger partial charge in [-0.15, -0.1) is 0 Å². The number of urea groups is 1. The Morgan fingerprint density at radius 3 is 2.72 bits per heavy atom. The van der Waals surface area contributed by atoms with E-state index in [2.05, 4.69) is 10.3 Å². The van der Waals surface area contributed by atoms with Gasteiger partial charge in [-0.3, -0.25) is 19.7 Å². The van der Waals surface area contributed by atoms with Crippen LogP contribution in [0.3, 0.4) is 0 Å². The summed E-state index contributed by atoms with van der Waals surface area (Å²) in [5.41, 5.74) is 1.05. The lowest BCUT2D eigenvalue weighted by Crippen LogP contribution is -2.48. The van der Waals surface area contributed by atoms with Crippen molar-refractivity contribution in [1.82, 2.24) is 10.2 Å². The Bertz CT molecular complexity index is 1310. The average Bonchev–Trinajstić information content (AvgIpc) is 3.36. The number of hydrogen-bond acceptors (Lipinski definition) is 9. The van der Waals surface area contributed by atoms with E-state index in [1.807, 2.05) is 0 Å². The zero-order chi connectivity index (χ0) is 28.1. The number of non-ortho nitro benzene ring substituents is 1. The van der Waals surface area contributed by atoms with Crippen molar-refractivity contribution < 1.29 is 33.5 Å². The predicted octanol–water partition coefficient (Wildman–Crippen LogP) is 3.69. The number of carbonyl (C=O) groups excluding carboxylic acids is 3. The molecule has 0 aromatic heterocycles. The van der Waals surface area contributed by atoms with Gasteiger partial charge < -0.3 is 24.4 Å². The Hall–Kier alpha value is -4.32. The van der Waals surface area contributed by atoms with Gasteiger partial charge in [-0.2, -0.15) is 0 Å². The van der Waals surface area contributed by atoms with Gasteiger partial charge in [-0.05, 0) is 57.5 Å². The van der Waals surface area contributed by atoms with Crippen LogP contribution in [0, 0.1) is 16.0 Å². The van der Waals surface area contributed by atoms with E-state index in [0.717, 1.165) is 0 Å². The number of hydrogen-bond donors (Lipinski definition) is 1. The number of nitrogens with one attached hydrogen (secondary N) is 1. The maximum atomic E-state index is 13.1. The second-order valence-electron chi connectivity index (χ2n) is 9.51. The normalized spacial score (nSPS) is 18.2. The Labute approximate surface area is 225 Å². The van der Waals surface area contributed by atoms with Gasteiger partial charge in [0.1, 0.15) is 5.92 Å². The quantitative estimate of drug-likeness (QED) is 0.149. The van der Waals surface area contributed by atoms with Crippen molar-refractivity contribution in [2.75, 3.05) is 26.4 Å². The number of ketones is 1. The number of esters is 1. The highest BCUT2D eigenvalue weighted by molar-refractivity contribution is 6.08. The van der Waals surface area contributed by atoms with Crippen LogP contribution >= 0.6 is 0 Å². The molecule has 2 aliphatic rings. The molecule has 206 valence electrons. The van der Waals surface area contributed by atoms with Gasteiger partial charge in [0.2, 0.25) is 6.79 Å². The molecule has 2 aromatic carbocycles. The third kappa shape index (κ3) is 6.40. The number of benzene rings is 2. The summed E-state index contributed by atoms with van der Waals surface area (Å²) >= 11 is 0. The zero-order valence-corrected chi connectivity index (χ0v) is 21.9. The van der Waals surface area contributed by atoms with Crippen molar-refractivity contribution in [3.63, 3.8) is 0 Å². The topological polar surface area (TPSA) is 150 Å². The van der Waals surface area contributed by atoms with E-state index in [1.165, 1.54) is 23.1 Å². The van der Waals surface area contributed by atoms with Crippen LogP contribution in [0.4, 0.5) is 10.5 Å². The van der Waals surface area contributed by atoms with E-state index < -0.39 is 35.0 Å². The number of carbonyl (C=O) groups is 3. The molecule has 0 spiro atoms. The highest BCUT2D eigenvalue weighted by atomic mass is 16.7. The lowest BCUT2D eigenvalue weighted by atomic mass is 9.86. The first kappa shape index (κ1) is 27.7. The first-order valence-electron chi connectivity index (χ1n) is 12.6. The minimum absolute atomic E-state index is 0.0719. The second kappa shape index (κ2) is 12.0. The molecule has 2 unspecified atom stereocenters. The monoisotopic (exact) mass is 538 g/mol. The molecular weight excluding hydrogens is 508 g/mol. The van der Waals surface area contributed by atoms with E-state index in [4.69, 9.17) is 14.2 Å². The third-order valence-corrected chi connectivity index (χ3v) is 6.38. The molecule has 0 fully saturated rings. The molecule has 2 aliphatic heterocycles. The van der Waals surface area contributed by atoms with Crippen LogP contribution < -0.4 is 14.8 Å². The first-order valence-corrected chi connectivity index (χ1v) is 12.6. The number of ether oxygens (including phenoxy) is 3. The van der Waals surface area contributed by atoms with Gasteiger partial charge in [0, 0.05) is 30.0 Å². The number of fused-ring (bicyclic) bond motifs is 1. The summed E-state index contributed by atoms with van der Waals surface area (Å²) < 4.78 is 16.0. The molecule has 2 atom stereocenters. The molecule has 0 saturated carbocycles. The molecule has 1 N–H and O–H groups in total. The number of aliphatic imine (C=N–C) groups is 1. The Morgan fingerprint density at radius 1 is 1.21 bits per heavy atom. The van der Waals surface area contributed by atoms with E-state index in [9.17, 15) is 24.5 Å². The smallest absolute Gasteiger partial charge is 0.344 e. The molecule has 2 amide bonds. The zero-order valence-electron chi connectivity index (χ0n) is 21.9. The fourth-order valence-electron chi connectivity index (χ4n) is 4.59. The van der Waals surface area contributed by atoms with Crippen LogP contribution in [0.2, 0.25) is 0 Å². The highest BCUT2D eigenvalue weighted by Gasteiger charge is 2.43. The third-order valence-electron chi connectivity index (χ3n) is 6.38. The Kier molecular flexibility index (Phi) is 8.55. The van der Waals surface area contributed by atoms with E-state index >= 15 is 0 Å². The fraction of sp³-hybridized carbons (Fsp3) is 0.407. The number of nitro groups is 1. The summed E-state index contributed by atoms with van der Waals surface area (Å²) in [6.07, 6.45) is 0.0418. The molecule has 0 aliphatic carbocycles. The SMILES string of the molecule is CC1=NC(=O)N(CCCNCC(=O)c2ccc3c(c2)OCO3)C(c2cccc([N+](=O)[O-])c2)C1C(=O)OC(C)C. The van der Waals surface area contributed by atoms with Crippen molar-refractivity contribution >= 4 is 29.2 Å². The summed E-state index contributed by atoms with van der Waals surface area (Å²) in [4.78, 5) is 55.1. The predicted molar refractivity (Wildman–Crippen MR) is 140 cm³/mol. The Balaban J connectivity index is 1.46. The first-order chi connectivity index (χ1) is 18.7. The molecule has 12 nitrogen and oxygen atoms in total. The van der Waals surface area contributed by atoms with Gasteiger partial charge in [-0.1, -0.05) is 12.1 Å². The van der Waals surface area contributed by atoms with Crippen molar-refractivity contribution in [3.8, 4) is 11.5 Å². The average molecular weight is 539 g/mol. The van der Waals surface area contributed by atoms with Crippen LogP contribution in [-0.2, 0) is 9.53 Å². The van der Waals surface area contributed by atoms with E-state index in [0.29, 0.717) is 35.6 Å². The fourth-order valence-corrected chi connectivity index (χ4v) is 4.59. The number of rotatable bonds is 11. The minimum atomic E-state index is -0.923. The molecule has 2 aromatic rings. The summed E-state index contributed by atoms with van der Waals surface area (Å²) in [6.45, 7) is 5.80. The lowest BCUT2D eigenvalue weighted by Gasteiger charge is -2.38. The molecule has 0 saturated heterocycles. The van der Waals surface area contributed by atoms with Crippen molar-refractivity contribution in [2.24, 2.45) is 10.9 Å². The highest BCUT2D eigenvalue weighted by Crippen LogP contribution is 2.36. The maximum absolute atomic E-state index is 13.1. The molecule has 12 heteroatoms. The molecule has 4 rings (SSSR count). The molecule has 0 radical (unpaired) electrons. The van der Waals surface area contributed by atoms with Crippen LogP contribution in [0.1, 0.15) is 49.2 Å². The molecule has 2 heterocycles. The van der Waals surface area contributed by atoms with Gasteiger partial charge in [0.05, 0.1) is 23.6 Å². The number of nitro benzene ring substituents is 1. The van der Waals surface area contributed by atoms with Gasteiger partial charge in [0.25, 0.3) is 5.69 Å². The molecule has 39 heavy (non-hydrogen) atoms. The summed E-state index contributed by atoms with van der Waals surface area (Å²) in [5, 5.41) is 14.5. The minimum Gasteiger partial charge on any atom is -0.462 e. The standard InChI is InChI=1S/C27H30N4O8/c1-16(2)39-26(33)24-17(3)29-27(34)30(25(24)19-6-4-7-20(12-19)31(35)36)11-5-10-28-14-21(32)18-8-9-22-23(13-18)38-15-37-22/h4,6-9,12-13,16,24-25,28H,5,10-11,14-15H2,1-3H3. The maximum Gasteiger partial charge on any atom is 0.344 e. The van der Waals surface area contributed by atoms with Crippen molar-refractivity contribution in [1.29, 1.82) is 0 Å². The van der Waals surface area contributed by atoms with Gasteiger partial charge in [-0.25, -0.2) is 9.79 Å². The second-order valence-corrected chi connectivity index (χ2v) is 9.51. The van der Waals surface area contributed by atoms with Gasteiger partial charge >= 0.3 is 12.0 Å². The van der Waals surface area contributed by atoms with Crippen molar-refractivity contribution in [2.45, 2.75) is 39.3 Å². The number of Topliss-reactive ketones (excluding diaryl/α,β-unsaturated/α-hetero) is 1. The molecular formula is C27H30N4O8. The lowest BCUT2D eigenvalue weighted by molar-refractivity contribution is -0.385. The molecule has 0 bridgehead atoms.